The lowest BCUT2D eigenvalue weighted by atomic mass is 9.92. The van der Waals surface area contributed by atoms with Crippen LogP contribution >= 0.6 is 0 Å². The number of aryl methyl sites for hydroxylation is 1. The molecule has 2 aromatic rings. The van der Waals surface area contributed by atoms with Gasteiger partial charge in [0, 0.05) is 17.5 Å². The molecule has 0 fully saturated rings. The summed E-state index contributed by atoms with van der Waals surface area (Å²) in [6.45, 7) is 7.72. The molecule has 3 nitrogen and oxygen atoms in total. The van der Waals surface area contributed by atoms with Crippen molar-refractivity contribution in [3.63, 3.8) is 0 Å². The molecule has 1 aromatic heterocycles. The third-order valence-corrected chi connectivity index (χ3v) is 2.75. The van der Waals surface area contributed by atoms with Gasteiger partial charge >= 0.3 is 0 Å². The van der Waals surface area contributed by atoms with Gasteiger partial charge in [0.15, 0.2) is 5.43 Å². The average molecular weight is 232 g/mol. The van der Waals surface area contributed by atoms with Crippen LogP contribution in [0, 0.1) is 6.92 Å². The van der Waals surface area contributed by atoms with Crippen LogP contribution in [0.4, 0.5) is 0 Å². The standard InChI is InChI=1S/C14H16O3/c1-8-5-9(15)6-11-13(8)10(16)7-12(17-11)14(2,3)4/h5-7,15H,1-4H3. The Hall–Kier alpha value is -1.77. The maximum Gasteiger partial charge on any atom is 0.193 e. The van der Waals surface area contributed by atoms with Crippen LogP contribution in [0.3, 0.4) is 0 Å². The zero-order valence-corrected chi connectivity index (χ0v) is 10.5. The molecule has 2 rings (SSSR count). The van der Waals surface area contributed by atoms with Gasteiger partial charge in [-0.1, -0.05) is 20.8 Å². The molecular weight excluding hydrogens is 216 g/mol. The fourth-order valence-corrected chi connectivity index (χ4v) is 1.84. The zero-order chi connectivity index (χ0) is 12.8. The number of hydrogen-bond acceptors (Lipinski definition) is 3. The summed E-state index contributed by atoms with van der Waals surface area (Å²) in [7, 11) is 0. The fourth-order valence-electron chi connectivity index (χ4n) is 1.84. The van der Waals surface area contributed by atoms with Crippen molar-refractivity contribution in [1.82, 2.24) is 0 Å². The number of fused-ring (bicyclic) bond motifs is 1. The topological polar surface area (TPSA) is 50.4 Å². The molecule has 0 aliphatic carbocycles. The Morgan fingerprint density at radius 2 is 1.82 bits per heavy atom. The highest BCUT2D eigenvalue weighted by Crippen LogP contribution is 2.27. The Balaban J connectivity index is 2.87. The van der Waals surface area contributed by atoms with E-state index in [-0.39, 0.29) is 16.6 Å². The SMILES string of the molecule is Cc1cc(O)cc2oc(C(C)(C)C)cc(=O)c12. The van der Waals surface area contributed by atoms with Crippen molar-refractivity contribution in [2.45, 2.75) is 33.1 Å². The van der Waals surface area contributed by atoms with Crippen molar-refractivity contribution in [2.75, 3.05) is 0 Å². The van der Waals surface area contributed by atoms with E-state index in [0.717, 1.165) is 5.56 Å². The van der Waals surface area contributed by atoms with Gasteiger partial charge in [-0.25, -0.2) is 0 Å². The van der Waals surface area contributed by atoms with Crippen molar-refractivity contribution in [2.24, 2.45) is 0 Å². The summed E-state index contributed by atoms with van der Waals surface area (Å²) in [5.74, 6) is 0.740. The van der Waals surface area contributed by atoms with Crippen molar-refractivity contribution in [3.05, 3.63) is 39.7 Å². The first-order valence-electron chi connectivity index (χ1n) is 5.57. The van der Waals surface area contributed by atoms with Crippen LogP contribution in [0.1, 0.15) is 32.1 Å². The van der Waals surface area contributed by atoms with Gasteiger partial charge in [-0.2, -0.15) is 0 Å². The summed E-state index contributed by atoms with van der Waals surface area (Å²) in [4.78, 5) is 12.0. The molecule has 0 bridgehead atoms. The second-order valence-corrected chi connectivity index (χ2v) is 5.36. The maximum absolute atomic E-state index is 12.0. The van der Waals surface area contributed by atoms with Crippen LogP contribution in [0.5, 0.6) is 5.75 Å². The maximum atomic E-state index is 12.0. The molecule has 90 valence electrons. The van der Waals surface area contributed by atoms with Crippen LogP contribution in [0.2, 0.25) is 0 Å². The Bertz CT molecular complexity index is 630. The van der Waals surface area contributed by atoms with Gasteiger partial charge in [0.25, 0.3) is 0 Å². The van der Waals surface area contributed by atoms with E-state index in [1.807, 2.05) is 20.8 Å². The highest BCUT2D eigenvalue weighted by Gasteiger charge is 2.19. The fraction of sp³-hybridized carbons (Fsp3) is 0.357. The number of benzene rings is 1. The van der Waals surface area contributed by atoms with Gasteiger partial charge in [-0.15, -0.1) is 0 Å². The zero-order valence-electron chi connectivity index (χ0n) is 10.5. The third kappa shape index (κ3) is 2.05. The number of phenols is 1. The first-order chi connectivity index (χ1) is 7.79. The van der Waals surface area contributed by atoms with E-state index >= 15 is 0 Å². The molecule has 0 spiro atoms. The minimum atomic E-state index is -0.229. The lowest BCUT2D eigenvalue weighted by molar-refractivity contribution is 0.418. The Labute approximate surface area is 99.7 Å². The van der Waals surface area contributed by atoms with E-state index in [4.69, 9.17) is 4.42 Å². The molecule has 1 N–H and O–H groups in total. The van der Waals surface area contributed by atoms with Crippen LogP contribution in [0.25, 0.3) is 11.0 Å². The molecule has 0 atom stereocenters. The molecule has 17 heavy (non-hydrogen) atoms. The smallest absolute Gasteiger partial charge is 0.193 e. The average Bonchev–Trinajstić information content (AvgIpc) is 2.13. The summed E-state index contributed by atoms with van der Waals surface area (Å²) >= 11 is 0. The predicted octanol–water partition coefficient (Wildman–Crippen LogP) is 3.10. The number of aromatic hydroxyl groups is 1. The number of hydrogen-bond donors (Lipinski definition) is 1. The Morgan fingerprint density at radius 1 is 1.18 bits per heavy atom. The van der Waals surface area contributed by atoms with Crippen LogP contribution in [-0.4, -0.2) is 5.11 Å². The summed E-state index contributed by atoms with van der Waals surface area (Å²) in [5.41, 5.74) is 0.884. The molecule has 0 unspecified atom stereocenters. The summed E-state index contributed by atoms with van der Waals surface area (Å²) in [6, 6.07) is 4.58. The van der Waals surface area contributed by atoms with Gasteiger partial charge in [0.2, 0.25) is 0 Å². The highest BCUT2D eigenvalue weighted by molar-refractivity contribution is 5.81. The van der Waals surface area contributed by atoms with Crippen molar-refractivity contribution in [1.29, 1.82) is 0 Å². The molecule has 3 heteroatoms. The molecule has 0 saturated heterocycles. The second kappa shape index (κ2) is 3.62. The molecular formula is C14H16O3. The van der Waals surface area contributed by atoms with E-state index in [9.17, 15) is 9.90 Å². The molecule has 1 heterocycles. The monoisotopic (exact) mass is 232 g/mol. The Kier molecular flexibility index (Phi) is 2.49. The van der Waals surface area contributed by atoms with E-state index in [0.29, 0.717) is 16.7 Å². The number of phenolic OH excluding ortho intramolecular Hbond substituents is 1. The minimum Gasteiger partial charge on any atom is -0.508 e. The predicted molar refractivity (Wildman–Crippen MR) is 67.6 cm³/mol. The molecule has 0 aliphatic heterocycles. The molecule has 0 radical (unpaired) electrons. The van der Waals surface area contributed by atoms with Gasteiger partial charge in [0.05, 0.1) is 5.39 Å². The lowest BCUT2D eigenvalue weighted by Gasteiger charge is -2.17. The van der Waals surface area contributed by atoms with Crippen molar-refractivity contribution >= 4 is 11.0 Å². The normalized spacial score (nSPS) is 12.0. The third-order valence-electron chi connectivity index (χ3n) is 2.75. The molecule has 0 amide bonds. The second-order valence-electron chi connectivity index (χ2n) is 5.36. The number of rotatable bonds is 0. The Morgan fingerprint density at radius 3 is 2.41 bits per heavy atom. The van der Waals surface area contributed by atoms with E-state index in [2.05, 4.69) is 0 Å². The lowest BCUT2D eigenvalue weighted by Crippen LogP contribution is -2.15. The van der Waals surface area contributed by atoms with Crippen molar-refractivity contribution in [3.8, 4) is 5.75 Å². The van der Waals surface area contributed by atoms with Gasteiger partial charge < -0.3 is 9.52 Å². The van der Waals surface area contributed by atoms with Gasteiger partial charge in [-0.05, 0) is 18.6 Å². The summed E-state index contributed by atoms with van der Waals surface area (Å²) in [5, 5.41) is 10.1. The first-order valence-corrected chi connectivity index (χ1v) is 5.57. The van der Waals surface area contributed by atoms with E-state index in [1.165, 1.54) is 12.1 Å². The van der Waals surface area contributed by atoms with Crippen LogP contribution in [-0.2, 0) is 5.41 Å². The molecule has 1 aromatic carbocycles. The minimum absolute atomic E-state index is 0.0614. The molecule has 0 aliphatic rings. The first kappa shape index (κ1) is 11.7. The van der Waals surface area contributed by atoms with Gasteiger partial charge in [0.1, 0.15) is 17.1 Å². The highest BCUT2D eigenvalue weighted by atomic mass is 16.3. The summed E-state index contributed by atoms with van der Waals surface area (Å²) < 4.78 is 5.71. The quantitative estimate of drug-likeness (QED) is 0.759. The largest absolute Gasteiger partial charge is 0.508 e. The van der Waals surface area contributed by atoms with Crippen molar-refractivity contribution < 1.29 is 9.52 Å². The van der Waals surface area contributed by atoms with Crippen LogP contribution in [0.15, 0.2) is 27.4 Å². The summed E-state index contributed by atoms with van der Waals surface area (Å²) in [6.07, 6.45) is 0. The van der Waals surface area contributed by atoms with E-state index in [1.54, 1.807) is 13.0 Å². The van der Waals surface area contributed by atoms with Gasteiger partial charge in [-0.3, -0.25) is 4.79 Å². The van der Waals surface area contributed by atoms with E-state index < -0.39 is 0 Å². The molecule has 0 saturated carbocycles. The van der Waals surface area contributed by atoms with Crippen LogP contribution < -0.4 is 5.43 Å².